The number of carbonyl (C=O) groups is 1. The van der Waals surface area contributed by atoms with E-state index in [1.165, 1.54) is 12.3 Å². The van der Waals surface area contributed by atoms with Gasteiger partial charge in [-0.15, -0.1) is 0 Å². The van der Waals surface area contributed by atoms with Gasteiger partial charge in [-0.2, -0.15) is 0 Å². The Kier molecular flexibility index (Phi) is 3.61. The van der Waals surface area contributed by atoms with Crippen molar-refractivity contribution in [2.75, 3.05) is 30.8 Å². The molecule has 6 nitrogen and oxygen atoms in total. The molecule has 1 aliphatic heterocycles. The Morgan fingerprint density at radius 2 is 2.00 bits per heavy atom. The van der Waals surface area contributed by atoms with E-state index < -0.39 is 5.97 Å². The summed E-state index contributed by atoms with van der Waals surface area (Å²) in [6.07, 6.45) is 1.50. The minimum Gasteiger partial charge on any atom is -0.478 e. The lowest BCUT2D eigenvalue weighted by Crippen LogP contribution is -2.55. The molecule has 2 unspecified atom stereocenters. The Bertz CT molecular complexity index is 480. The Morgan fingerprint density at radius 3 is 2.53 bits per heavy atom. The summed E-state index contributed by atoms with van der Waals surface area (Å²) >= 11 is 0. The van der Waals surface area contributed by atoms with Crippen molar-refractivity contribution in [2.45, 2.75) is 25.9 Å². The number of anilines is 2. The first-order valence-corrected chi connectivity index (χ1v) is 6.36. The van der Waals surface area contributed by atoms with Crippen LogP contribution in [0.1, 0.15) is 24.2 Å². The van der Waals surface area contributed by atoms with Gasteiger partial charge in [0.15, 0.2) is 5.82 Å². The van der Waals surface area contributed by atoms with Crippen molar-refractivity contribution in [2.24, 2.45) is 0 Å². The highest BCUT2D eigenvalue weighted by Gasteiger charge is 2.29. The van der Waals surface area contributed by atoms with E-state index in [4.69, 9.17) is 10.8 Å². The molecule has 1 aromatic heterocycles. The van der Waals surface area contributed by atoms with Crippen molar-refractivity contribution in [3.63, 3.8) is 0 Å². The van der Waals surface area contributed by atoms with Gasteiger partial charge in [0.2, 0.25) is 0 Å². The van der Waals surface area contributed by atoms with Crippen LogP contribution in [0.2, 0.25) is 0 Å². The number of hydrogen-bond donors (Lipinski definition) is 2. The maximum absolute atomic E-state index is 11.1. The van der Waals surface area contributed by atoms with E-state index in [9.17, 15) is 4.79 Å². The average molecular weight is 264 g/mol. The second-order valence-corrected chi connectivity index (χ2v) is 5.17. The third kappa shape index (κ3) is 2.49. The van der Waals surface area contributed by atoms with Gasteiger partial charge in [-0.3, -0.25) is 4.90 Å². The van der Waals surface area contributed by atoms with Gasteiger partial charge in [0.05, 0.1) is 11.3 Å². The molecule has 2 rings (SSSR count). The van der Waals surface area contributed by atoms with Crippen molar-refractivity contribution in [1.82, 2.24) is 9.88 Å². The number of hydrogen-bond acceptors (Lipinski definition) is 5. The monoisotopic (exact) mass is 264 g/mol. The number of rotatable bonds is 2. The number of aromatic carboxylic acids is 1. The van der Waals surface area contributed by atoms with Gasteiger partial charge in [-0.05, 0) is 27.0 Å². The van der Waals surface area contributed by atoms with Crippen LogP contribution < -0.4 is 10.6 Å². The van der Waals surface area contributed by atoms with Gasteiger partial charge in [0.1, 0.15) is 0 Å². The molecule has 0 aliphatic carbocycles. The second-order valence-electron chi connectivity index (χ2n) is 5.17. The molecule has 1 saturated heterocycles. The number of nitrogens with zero attached hydrogens (tertiary/aromatic N) is 3. The summed E-state index contributed by atoms with van der Waals surface area (Å²) in [7, 11) is 2.09. The summed E-state index contributed by atoms with van der Waals surface area (Å²) in [5.41, 5.74) is 6.31. The molecule has 0 radical (unpaired) electrons. The summed E-state index contributed by atoms with van der Waals surface area (Å²) in [4.78, 5) is 19.7. The van der Waals surface area contributed by atoms with E-state index in [2.05, 4.69) is 35.7 Å². The van der Waals surface area contributed by atoms with Gasteiger partial charge in [0, 0.05) is 31.4 Å². The first-order chi connectivity index (χ1) is 8.91. The minimum atomic E-state index is -1.02. The van der Waals surface area contributed by atoms with Crippen LogP contribution in [0.15, 0.2) is 12.3 Å². The standard InChI is InChI=1S/C13H20N4O2/c1-8-6-17(7-9(2)16(8)3)12-11(14)10(13(18)19)4-5-15-12/h4-5,8-9H,6-7,14H2,1-3H3,(H,18,19). The molecule has 1 aliphatic rings. The second kappa shape index (κ2) is 5.05. The zero-order valence-corrected chi connectivity index (χ0v) is 11.5. The molecule has 2 atom stereocenters. The summed E-state index contributed by atoms with van der Waals surface area (Å²) in [5.74, 6) is -0.442. The maximum atomic E-state index is 11.1. The van der Waals surface area contributed by atoms with Crippen molar-refractivity contribution in [1.29, 1.82) is 0 Å². The highest BCUT2D eigenvalue weighted by molar-refractivity contribution is 5.96. The minimum absolute atomic E-state index is 0.115. The van der Waals surface area contributed by atoms with Crippen molar-refractivity contribution < 1.29 is 9.90 Å². The van der Waals surface area contributed by atoms with Crippen LogP contribution in [0.25, 0.3) is 0 Å². The molecule has 2 heterocycles. The normalized spacial score (nSPS) is 24.5. The Labute approximate surface area is 112 Å². The molecule has 3 N–H and O–H groups in total. The highest BCUT2D eigenvalue weighted by Crippen LogP contribution is 2.27. The predicted molar refractivity (Wildman–Crippen MR) is 74.5 cm³/mol. The zero-order chi connectivity index (χ0) is 14.2. The molecule has 0 spiro atoms. The first-order valence-electron chi connectivity index (χ1n) is 6.36. The fraction of sp³-hybridized carbons (Fsp3) is 0.538. The molecule has 0 saturated carbocycles. The van der Waals surface area contributed by atoms with Crippen molar-refractivity contribution in [3.8, 4) is 0 Å². The average Bonchev–Trinajstić information content (AvgIpc) is 2.35. The zero-order valence-electron chi connectivity index (χ0n) is 11.5. The number of pyridine rings is 1. The highest BCUT2D eigenvalue weighted by atomic mass is 16.4. The van der Waals surface area contributed by atoms with Crippen molar-refractivity contribution >= 4 is 17.5 Å². The molecular formula is C13H20N4O2. The van der Waals surface area contributed by atoms with E-state index in [-0.39, 0.29) is 11.3 Å². The number of likely N-dealkylation sites (N-methyl/N-ethyl adjacent to an activating group) is 1. The van der Waals surface area contributed by atoms with E-state index in [1.54, 1.807) is 0 Å². The van der Waals surface area contributed by atoms with Crippen LogP contribution in [0.3, 0.4) is 0 Å². The molecule has 1 fully saturated rings. The summed E-state index contributed by atoms with van der Waals surface area (Å²) in [6.45, 7) is 5.86. The lowest BCUT2D eigenvalue weighted by atomic mass is 10.1. The lowest BCUT2D eigenvalue weighted by Gasteiger charge is -2.43. The predicted octanol–water partition coefficient (Wildman–Crippen LogP) is 0.891. The third-order valence-electron chi connectivity index (χ3n) is 3.86. The number of piperazine rings is 1. The maximum Gasteiger partial charge on any atom is 0.337 e. The van der Waals surface area contributed by atoms with Crippen LogP contribution in [0, 0.1) is 0 Å². The molecular weight excluding hydrogens is 244 g/mol. The smallest absolute Gasteiger partial charge is 0.337 e. The van der Waals surface area contributed by atoms with Gasteiger partial charge in [-0.25, -0.2) is 9.78 Å². The number of carboxylic acids is 1. The SMILES string of the molecule is CC1CN(c2nccc(C(=O)O)c2N)CC(C)N1C. The van der Waals surface area contributed by atoms with Crippen LogP contribution >= 0.6 is 0 Å². The summed E-state index contributed by atoms with van der Waals surface area (Å²) in [6, 6.07) is 2.18. The van der Waals surface area contributed by atoms with Gasteiger partial charge < -0.3 is 15.7 Å². The van der Waals surface area contributed by atoms with Crippen LogP contribution in [-0.4, -0.2) is 53.2 Å². The molecule has 104 valence electrons. The Morgan fingerprint density at radius 1 is 1.42 bits per heavy atom. The van der Waals surface area contributed by atoms with E-state index in [0.29, 0.717) is 17.9 Å². The first kappa shape index (κ1) is 13.6. The number of nitrogen functional groups attached to an aromatic ring is 1. The number of carboxylic acid groups (broad SMARTS) is 1. The van der Waals surface area contributed by atoms with Crippen LogP contribution in [0.5, 0.6) is 0 Å². The van der Waals surface area contributed by atoms with Crippen LogP contribution in [-0.2, 0) is 0 Å². The number of nitrogens with two attached hydrogens (primary N) is 1. The van der Waals surface area contributed by atoms with E-state index in [1.807, 2.05) is 0 Å². The Balaban J connectivity index is 2.32. The summed E-state index contributed by atoms with van der Waals surface area (Å²) < 4.78 is 0. The molecule has 6 heteroatoms. The lowest BCUT2D eigenvalue weighted by molar-refractivity contribution is 0.0698. The topological polar surface area (TPSA) is 82.7 Å². The largest absolute Gasteiger partial charge is 0.478 e. The van der Waals surface area contributed by atoms with Crippen LogP contribution in [0.4, 0.5) is 11.5 Å². The molecule has 0 amide bonds. The van der Waals surface area contributed by atoms with E-state index >= 15 is 0 Å². The third-order valence-corrected chi connectivity index (χ3v) is 3.86. The van der Waals surface area contributed by atoms with Gasteiger partial charge in [-0.1, -0.05) is 0 Å². The van der Waals surface area contributed by atoms with Gasteiger partial charge in [0.25, 0.3) is 0 Å². The van der Waals surface area contributed by atoms with Crippen molar-refractivity contribution in [3.05, 3.63) is 17.8 Å². The fourth-order valence-electron chi connectivity index (χ4n) is 2.48. The molecule has 1 aromatic rings. The molecule has 0 bridgehead atoms. The van der Waals surface area contributed by atoms with Gasteiger partial charge >= 0.3 is 5.97 Å². The fourth-order valence-corrected chi connectivity index (χ4v) is 2.48. The number of aromatic nitrogens is 1. The molecule has 19 heavy (non-hydrogen) atoms. The van der Waals surface area contributed by atoms with E-state index in [0.717, 1.165) is 13.1 Å². The quantitative estimate of drug-likeness (QED) is 0.825. The molecule has 0 aromatic carbocycles. The summed E-state index contributed by atoms with van der Waals surface area (Å²) in [5, 5.41) is 9.10. The Hall–Kier alpha value is -1.82.